The first-order valence-corrected chi connectivity index (χ1v) is 8.66. The first-order valence-electron chi connectivity index (χ1n) is 8.28. The quantitative estimate of drug-likeness (QED) is 0.861. The molecule has 0 spiro atoms. The number of carbonyl (C=O) groups excluding carboxylic acids is 1. The lowest BCUT2D eigenvalue weighted by molar-refractivity contribution is -0.120. The summed E-state index contributed by atoms with van der Waals surface area (Å²) in [5.74, 6) is 0.784. The van der Waals surface area contributed by atoms with Crippen molar-refractivity contribution in [1.82, 2.24) is 4.90 Å². The standard InChI is InChI=1S/C19H20ClFN2O3/c1-12(19(24)22-16-5-4-14(21)10-15(16)20)23(2)11-13-3-6-17-18(9-13)26-8-7-25-17/h3-6,9-10,12H,7-8,11H2,1-2H3,(H,22,24). The summed E-state index contributed by atoms with van der Waals surface area (Å²) >= 11 is 5.96. The van der Waals surface area contributed by atoms with Crippen LogP contribution in [-0.4, -0.2) is 37.1 Å². The van der Waals surface area contributed by atoms with Crippen LogP contribution in [0.1, 0.15) is 12.5 Å². The fourth-order valence-corrected chi connectivity index (χ4v) is 2.85. The Balaban J connectivity index is 1.63. The summed E-state index contributed by atoms with van der Waals surface area (Å²) in [4.78, 5) is 14.4. The first kappa shape index (κ1) is 18.5. The van der Waals surface area contributed by atoms with Crippen LogP contribution >= 0.6 is 11.6 Å². The third-order valence-electron chi connectivity index (χ3n) is 4.27. The number of amides is 1. The molecule has 1 aliphatic heterocycles. The Bertz CT molecular complexity index is 815. The average Bonchev–Trinajstić information content (AvgIpc) is 2.63. The first-order chi connectivity index (χ1) is 12.4. The van der Waals surface area contributed by atoms with Crippen LogP contribution in [-0.2, 0) is 11.3 Å². The van der Waals surface area contributed by atoms with Crippen LogP contribution in [0.5, 0.6) is 11.5 Å². The van der Waals surface area contributed by atoms with E-state index in [0.29, 0.717) is 25.4 Å². The Hall–Kier alpha value is -2.31. The van der Waals surface area contributed by atoms with E-state index in [0.717, 1.165) is 17.1 Å². The Kier molecular flexibility index (Phi) is 5.64. The molecular weight excluding hydrogens is 359 g/mol. The Morgan fingerprint density at radius 2 is 1.96 bits per heavy atom. The molecule has 26 heavy (non-hydrogen) atoms. The molecule has 1 atom stereocenters. The van der Waals surface area contributed by atoms with Gasteiger partial charge in [-0.15, -0.1) is 0 Å². The summed E-state index contributed by atoms with van der Waals surface area (Å²) in [6.07, 6.45) is 0. The summed E-state index contributed by atoms with van der Waals surface area (Å²) in [5.41, 5.74) is 1.40. The van der Waals surface area contributed by atoms with E-state index in [4.69, 9.17) is 21.1 Å². The van der Waals surface area contributed by atoms with E-state index in [1.165, 1.54) is 18.2 Å². The van der Waals surface area contributed by atoms with Crippen LogP contribution in [0.4, 0.5) is 10.1 Å². The normalized spacial score (nSPS) is 14.2. The third kappa shape index (κ3) is 4.26. The van der Waals surface area contributed by atoms with Gasteiger partial charge >= 0.3 is 0 Å². The van der Waals surface area contributed by atoms with Gasteiger partial charge in [0, 0.05) is 6.54 Å². The fourth-order valence-electron chi connectivity index (χ4n) is 2.64. The van der Waals surface area contributed by atoms with E-state index in [1.54, 1.807) is 6.92 Å². The Morgan fingerprint density at radius 3 is 2.69 bits per heavy atom. The van der Waals surface area contributed by atoms with Crippen LogP contribution in [0.3, 0.4) is 0 Å². The van der Waals surface area contributed by atoms with Crippen molar-refractivity contribution >= 4 is 23.2 Å². The highest BCUT2D eigenvalue weighted by molar-refractivity contribution is 6.33. The second-order valence-electron chi connectivity index (χ2n) is 6.18. The van der Waals surface area contributed by atoms with Crippen LogP contribution in [0.2, 0.25) is 5.02 Å². The molecule has 0 aromatic heterocycles. The van der Waals surface area contributed by atoms with Crippen LogP contribution in [0.15, 0.2) is 36.4 Å². The summed E-state index contributed by atoms with van der Waals surface area (Å²) in [7, 11) is 1.85. The number of hydrogen-bond donors (Lipinski definition) is 1. The number of anilines is 1. The highest BCUT2D eigenvalue weighted by atomic mass is 35.5. The summed E-state index contributed by atoms with van der Waals surface area (Å²) in [5, 5.41) is 2.90. The number of carbonyl (C=O) groups is 1. The molecule has 7 heteroatoms. The minimum Gasteiger partial charge on any atom is -0.486 e. The van der Waals surface area contributed by atoms with Gasteiger partial charge in [0.05, 0.1) is 16.8 Å². The molecule has 0 aliphatic carbocycles. The zero-order chi connectivity index (χ0) is 18.7. The predicted molar refractivity (Wildman–Crippen MR) is 98.4 cm³/mol. The number of halogens is 2. The largest absolute Gasteiger partial charge is 0.486 e. The lowest BCUT2D eigenvalue weighted by Crippen LogP contribution is -2.39. The smallest absolute Gasteiger partial charge is 0.241 e. The minimum atomic E-state index is -0.447. The fraction of sp³-hybridized carbons (Fsp3) is 0.316. The third-order valence-corrected chi connectivity index (χ3v) is 4.58. The van der Waals surface area contributed by atoms with Crippen molar-refractivity contribution in [2.24, 2.45) is 0 Å². The van der Waals surface area contributed by atoms with Crippen LogP contribution in [0.25, 0.3) is 0 Å². The molecule has 138 valence electrons. The highest BCUT2D eigenvalue weighted by Gasteiger charge is 2.20. The number of nitrogens with zero attached hydrogens (tertiary/aromatic N) is 1. The SMILES string of the molecule is CC(C(=O)Nc1ccc(F)cc1Cl)N(C)Cc1ccc2c(c1)OCCO2. The lowest BCUT2D eigenvalue weighted by Gasteiger charge is -2.25. The number of benzene rings is 2. The summed E-state index contributed by atoms with van der Waals surface area (Å²) < 4.78 is 24.2. The van der Waals surface area contributed by atoms with Gasteiger partial charge in [0.1, 0.15) is 19.0 Å². The number of hydrogen-bond acceptors (Lipinski definition) is 4. The van der Waals surface area contributed by atoms with Gasteiger partial charge in [-0.25, -0.2) is 4.39 Å². The van der Waals surface area contributed by atoms with Gasteiger partial charge in [-0.3, -0.25) is 9.69 Å². The maximum Gasteiger partial charge on any atom is 0.241 e. The second kappa shape index (κ2) is 7.93. The monoisotopic (exact) mass is 378 g/mol. The molecular formula is C19H20ClFN2O3. The second-order valence-corrected chi connectivity index (χ2v) is 6.59. The van der Waals surface area contributed by atoms with Gasteiger partial charge in [0.25, 0.3) is 0 Å². The molecule has 0 radical (unpaired) electrons. The van der Waals surface area contributed by atoms with Gasteiger partial charge in [-0.05, 0) is 49.9 Å². The maximum absolute atomic E-state index is 13.1. The van der Waals surface area contributed by atoms with Gasteiger partial charge in [-0.2, -0.15) is 0 Å². The molecule has 0 fully saturated rings. The molecule has 1 aliphatic rings. The highest BCUT2D eigenvalue weighted by Crippen LogP contribution is 2.31. The van der Waals surface area contributed by atoms with E-state index in [9.17, 15) is 9.18 Å². The summed E-state index contributed by atoms with van der Waals surface area (Å²) in [6, 6.07) is 9.21. The molecule has 1 unspecified atom stereocenters. The molecule has 1 amide bonds. The van der Waals surface area contributed by atoms with Crippen LogP contribution < -0.4 is 14.8 Å². The molecule has 0 saturated carbocycles. The van der Waals surface area contributed by atoms with Crippen LogP contribution in [0, 0.1) is 5.82 Å². The van der Waals surface area contributed by atoms with Gasteiger partial charge in [-0.1, -0.05) is 17.7 Å². The number of nitrogens with one attached hydrogen (secondary N) is 1. The predicted octanol–water partition coefficient (Wildman–Crippen LogP) is 3.71. The van der Waals surface area contributed by atoms with E-state index in [1.807, 2.05) is 30.1 Å². The molecule has 0 saturated heterocycles. The van der Waals surface area contributed by atoms with Gasteiger partial charge in [0.15, 0.2) is 11.5 Å². The van der Waals surface area contributed by atoms with Crippen molar-refractivity contribution in [3.63, 3.8) is 0 Å². The van der Waals surface area contributed by atoms with Crippen molar-refractivity contribution in [2.75, 3.05) is 25.6 Å². The van der Waals surface area contributed by atoms with E-state index < -0.39 is 11.9 Å². The zero-order valence-corrected chi connectivity index (χ0v) is 15.3. The summed E-state index contributed by atoms with van der Waals surface area (Å²) in [6.45, 7) is 3.44. The zero-order valence-electron chi connectivity index (χ0n) is 14.6. The Labute approximate surface area is 156 Å². The molecule has 3 rings (SSSR count). The van der Waals surface area contributed by atoms with Gasteiger partial charge < -0.3 is 14.8 Å². The lowest BCUT2D eigenvalue weighted by atomic mass is 10.1. The number of likely N-dealkylation sites (N-methyl/N-ethyl adjacent to an activating group) is 1. The number of rotatable bonds is 5. The van der Waals surface area contributed by atoms with E-state index in [2.05, 4.69) is 5.32 Å². The molecule has 2 aromatic carbocycles. The van der Waals surface area contributed by atoms with Crippen molar-refractivity contribution in [2.45, 2.75) is 19.5 Å². The van der Waals surface area contributed by atoms with Gasteiger partial charge in [0.2, 0.25) is 5.91 Å². The molecule has 1 N–H and O–H groups in total. The van der Waals surface area contributed by atoms with Crippen molar-refractivity contribution < 1.29 is 18.7 Å². The molecule has 5 nitrogen and oxygen atoms in total. The molecule has 0 bridgehead atoms. The van der Waals surface area contributed by atoms with E-state index >= 15 is 0 Å². The molecule has 2 aromatic rings. The topological polar surface area (TPSA) is 50.8 Å². The molecule has 1 heterocycles. The van der Waals surface area contributed by atoms with Crippen molar-refractivity contribution in [3.8, 4) is 11.5 Å². The minimum absolute atomic E-state index is 0.167. The number of ether oxygens (including phenoxy) is 2. The Morgan fingerprint density at radius 1 is 1.23 bits per heavy atom. The van der Waals surface area contributed by atoms with Crippen molar-refractivity contribution in [1.29, 1.82) is 0 Å². The van der Waals surface area contributed by atoms with E-state index in [-0.39, 0.29) is 10.9 Å². The number of fused-ring (bicyclic) bond motifs is 1. The average molecular weight is 379 g/mol. The van der Waals surface area contributed by atoms with Crippen molar-refractivity contribution in [3.05, 3.63) is 52.8 Å². The maximum atomic E-state index is 13.1.